The van der Waals surface area contributed by atoms with Gasteiger partial charge in [0.05, 0.1) is 11.9 Å². The Balaban J connectivity index is 1.70. The Morgan fingerprint density at radius 2 is 1.67 bits per heavy atom. The van der Waals surface area contributed by atoms with Crippen LogP contribution in [0, 0.1) is 0 Å². The predicted molar refractivity (Wildman–Crippen MR) is 97.7 cm³/mol. The molecule has 0 bridgehead atoms. The molecule has 3 aromatic rings. The van der Waals surface area contributed by atoms with Crippen molar-refractivity contribution in [3.05, 3.63) is 84.2 Å². The fourth-order valence-electron chi connectivity index (χ4n) is 2.43. The Morgan fingerprint density at radius 1 is 0.917 bits per heavy atom. The van der Waals surface area contributed by atoms with E-state index in [2.05, 4.69) is 22.5 Å². The van der Waals surface area contributed by atoms with Crippen LogP contribution >= 0.6 is 0 Å². The zero-order valence-corrected chi connectivity index (χ0v) is 13.5. The van der Waals surface area contributed by atoms with Gasteiger partial charge in [-0.15, -0.1) is 0 Å². The minimum absolute atomic E-state index is 0.206. The van der Waals surface area contributed by atoms with Gasteiger partial charge in [0, 0.05) is 11.4 Å². The molecule has 0 radical (unpaired) electrons. The molecule has 0 atom stereocenters. The molecule has 0 unspecified atom stereocenters. The zero-order valence-electron chi connectivity index (χ0n) is 13.5. The second-order valence-electron chi connectivity index (χ2n) is 5.39. The second kappa shape index (κ2) is 7.42. The highest BCUT2D eigenvalue weighted by atomic mass is 16.1. The number of nitrogens with zero attached hydrogens (tertiary/aromatic N) is 1. The molecule has 2 aromatic carbocycles. The molecule has 4 nitrogen and oxygen atoms in total. The van der Waals surface area contributed by atoms with Crippen molar-refractivity contribution < 1.29 is 4.79 Å². The smallest absolute Gasteiger partial charge is 0.274 e. The number of aryl methyl sites for hydroxylation is 1. The molecular formula is C20H19N3O. The zero-order chi connectivity index (χ0) is 16.8. The highest BCUT2D eigenvalue weighted by molar-refractivity contribution is 6.03. The average molecular weight is 317 g/mol. The van der Waals surface area contributed by atoms with E-state index in [0.717, 1.165) is 29.0 Å². The van der Waals surface area contributed by atoms with Crippen molar-refractivity contribution in [2.75, 3.05) is 10.6 Å². The number of carbonyl (C=O) groups is 1. The van der Waals surface area contributed by atoms with Crippen LogP contribution in [0.4, 0.5) is 17.1 Å². The van der Waals surface area contributed by atoms with E-state index in [4.69, 9.17) is 0 Å². The number of carbonyl (C=O) groups excluding carboxylic acids is 1. The first-order valence-electron chi connectivity index (χ1n) is 7.93. The van der Waals surface area contributed by atoms with Crippen LogP contribution < -0.4 is 10.6 Å². The molecule has 0 aliphatic carbocycles. The Hall–Kier alpha value is -3.14. The highest BCUT2D eigenvalue weighted by Crippen LogP contribution is 2.18. The summed E-state index contributed by atoms with van der Waals surface area (Å²) in [6.45, 7) is 2.06. The topological polar surface area (TPSA) is 54.0 Å². The maximum atomic E-state index is 12.4. The van der Waals surface area contributed by atoms with E-state index in [1.165, 1.54) is 0 Å². The van der Waals surface area contributed by atoms with Crippen LogP contribution in [0.2, 0.25) is 0 Å². The standard InChI is InChI=1S/C20H19N3O/c1-2-15-8-6-7-11-18(15)23-20(24)19-13-12-17(14-21-19)22-16-9-4-3-5-10-16/h3-14,22H,2H2,1H3,(H,23,24). The number of anilines is 3. The Kier molecular flexibility index (Phi) is 4.87. The molecule has 0 saturated heterocycles. The molecule has 4 heteroatoms. The first-order valence-corrected chi connectivity index (χ1v) is 7.93. The van der Waals surface area contributed by atoms with Gasteiger partial charge in [-0.3, -0.25) is 4.79 Å². The minimum atomic E-state index is -0.206. The molecule has 1 amide bonds. The molecule has 1 heterocycles. The highest BCUT2D eigenvalue weighted by Gasteiger charge is 2.09. The quantitative estimate of drug-likeness (QED) is 0.721. The van der Waals surface area contributed by atoms with E-state index < -0.39 is 0 Å². The number of amides is 1. The summed E-state index contributed by atoms with van der Waals surface area (Å²) in [4.78, 5) is 16.6. The van der Waals surface area contributed by atoms with Crippen LogP contribution in [0.3, 0.4) is 0 Å². The van der Waals surface area contributed by atoms with Crippen LogP contribution in [0.25, 0.3) is 0 Å². The molecular weight excluding hydrogens is 298 g/mol. The van der Waals surface area contributed by atoms with Crippen LogP contribution in [-0.4, -0.2) is 10.9 Å². The third-order valence-corrected chi connectivity index (χ3v) is 3.71. The van der Waals surface area contributed by atoms with Gasteiger partial charge >= 0.3 is 0 Å². The molecule has 0 saturated carbocycles. The lowest BCUT2D eigenvalue weighted by atomic mass is 10.1. The average Bonchev–Trinajstić information content (AvgIpc) is 2.63. The number of pyridine rings is 1. The fourth-order valence-corrected chi connectivity index (χ4v) is 2.43. The number of rotatable bonds is 5. The van der Waals surface area contributed by atoms with Crippen molar-refractivity contribution in [2.45, 2.75) is 13.3 Å². The van der Waals surface area contributed by atoms with Crippen LogP contribution in [-0.2, 0) is 6.42 Å². The van der Waals surface area contributed by atoms with Gasteiger partial charge < -0.3 is 10.6 Å². The number of para-hydroxylation sites is 2. The normalized spacial score (nSPS) is 10.2. The largest absolute Gasteiger partial charge is 0.354 e. The molecule has 0 spiro atoms. The Bertz CT molecular complexity index is 814. The summed E-state index contributed by atoms with van der Waals surface area (Å²) < 4.78 is 0. The summed E-state index contributed by atoms with van der Waals surface area (Å²) >= 11 is 0. The van der Waals surface area contributed by atoms with Crippen LogP contribution in [0.5, 0.6) is 0 Å². The molecule has 120 valence electrons. The van der Waals surface area contributed by atoms with Gasteiger partial charge in [-0.25, -0.2) is 4.98 Å². The van der Waals surface area contributed by atoms with Crippen molar-refractivity contribution in [2.24, 2.45) is 0 Å². The van der Waals surface area contributed by atoms with E-state index in [1.54, 1.807) is 12.3 Å². The number of nitrogens with one attached hydrogen (secondary N) is 2. The minimum Gasteiger partial charge on any atom is -0.354 e. The van der Waals surface area contributed by atoms with Gasteiger partial charge in [0.25, 0.3) is 5.91 Å². The lowest BCUT2D eigenvalue weighted by molar-refractivity contribution is 0.102. The Labute approximate surface area is 141 Å². The summed E-state index contributed by atoms with van der Waals surface area (Å²) in [5.74, 6) is -0.206. The van der Waals surface area contributed by atoms with Crippen LogP contribution in [0.1, 0.15) is 23.0 Å². The lowest BCUT2D eigenvalue weighted by Crippen LogP contribution is -2.14. The Morgan fingerprint density at radius 3 is 2.38 bits per heavy atom. The van der Waals surface area contributed by atoms with E-state index in [1.807, 2.05) is 60.7 Å². The molecule has 1 aromatic heterocycles. The summed E-state index contributed by atoms with van der Waals surface area (Å²) in [7, 11) is 0. The summed E-state index contributed by atoms with van der Waals surface area (Å²) in [6, 6.07) is 21.2. The van der Waals surface area contributed by atoms with E-state index in [9.17, 15) is 4.79 Å². The van der Waals surface area contributed by atoms with Crippen molar-refractivity contribution in [1.82, 2.24) is 4.98 Å². The monoisotopic (exact) mass is 317 g/mol. The first-order chi connectivity index (χ1) is 11.8. The van der Waals surface area contributed by atoms with E-state index in [0.29, 0.717) is 5.69 Å². The van der Waals surface area contributed by atoms with Gasteiger partial charge in [-0.1, -0.05) is 43.3 Å². The number of aromatic nitrogens is 1. The number of hydrogen-bond donors (Lipinski definition) is 2. The second-order valence-corrected chi connectivity index (χ2v) is 5.39. The fraction of sp³-hybridized carbons (Fsp3) is 0.100. The molecule has 2 N–H and O–H groups in total. The molecule has 0 aliphatic rings. The third kappa shape index (κ3) is 3.79. The third-order valence-electron chi connectivity index (χ3n) is 3.71. The van der Waals surface area contributed by atoms with Crippen molar-refractivity contribution in [3.63, 3.8) is 0 Å². The van der Waals surface area contributed by atoms with Crippen LogP contribution in [0.15, 0.2) is 72.9 Å². The van der Waals surface area contributed by atoms with Gasteiger partial charge in [0.15, 0.2) is 0 Å². The van der Waals surface area contributed by atoms with Crippen molar-refractivity contribution >= 4 is 23.0 Å². The SMILES string of the molecule is CCc1ccccc1NC(=O)c1ccc(Nc2ccccc2)cn1. The summed E-state index contributed by atoms with van der Waals surface area (Å²) in [6.07, 6.45) is 2.53. The van der Waals surface area contributed by atoms with E-state index >= 15 is 0 Å². The lowest BCUT2D eigenvalue weighted by Gasteiger charge is -2.10. The van der Waals surface area contributed by atoms with Crippen molar-refractivity contribution in [3.8, 4) is 0 Å². The summed E-state index contributed by atoms with van der Waals surface area (Å²) in [5.41, 5.74) is 4.14. The van der Waals surface area contributed by atoms with Gasteiger partial charge in [0.2, 0.25) is 0 Å². The van der Waals surface area contributed by atoms with Gasteiger partial charge in [0.1, 0.15) is 5.69 Å². The van der Waals surface area contributed by atoms with Gasteiger partial charge in [-0.2, -0.15) is 0 Å². The predicted octanol–water partition coefficient (Wildman–Crippen LogP) is 4.64. The number of hydrogen-bond acceptors (Lipinski definition) is 3. The summed E-state index contributed by atoms with van der Waals surface area (Å²) in [5, 5.41) is 6.17. The van der Waals surface area contributed by atoms with E-state index in [-0.39, 0.29) is 5.91 Å². The maximum absolute atomic E-state index is 12.4. The maximum Gasteiger partial charge on any atom is 0.274 e. The molecule has 0 aliphatic heterocycles. The number of benzene rings is 2. The molecule has 3 rings (SSSR count). The molecule has 0 fully saturated rings. The first kappa shape index (κ1) is 15.7. The molecule has 24 heavy (non-hydrogen) atoms. The van der Waals surface area contributed by atoms with Crippen molar-refractivity contribution in [1.29, 1.82) is 0 Å². The van der Waals surface area contributed by atoms with Gasteiger partial charge in [-0.05, 0) is 42.3 Å².